The molecule has 3 rings (SSSR count). The van der Waals surface area contributed by atoms with Crippen LogP contribution in [0, 0.1) is 6.92 Å². The molecule has 1 aliphatic rings. The molecule has 0 unspecified atom stereocenters. The molecular formula is C17H20BrN3O2. The molecule has 0 radical (unpaired) electrons. The van der Waals surface area contributed by atoms with Gasteiger partial charge in [-0.3, -0.25) is 9.69 Å². The van der Waals surface area contributed by atoms with Gasteiger partial charge in [0.15, 0.2) is 0 Å². The first-order valence-electron chi connectivity index (χ1n) is 7.70. The fourth-order valence-electron chi connectivity index (χ4n) is 2.61. The molecule has 1 aliphatic heterocycles. The molecule has 0 saturated carbocycles. The summed E-state index contributed by atoms with van der Waals surface area (Å²) in [6.45, 7) is 6.39. The van der Waals surface area contributed by atoms with E-state index in [1.165, 1.54) is 0 Å². The lowest BCUT2D eigenvalue weighted by Crippen LogP contribution is -2.35. The van der Waals surface area contributed by atoms with Crippen molar-refractivity contribution in [2.75, 3.05) is 20.1 Å². The third kappa shape index (κ3) is 3.19. The number of amides is 1. The van der Waals surface area contributed by atoms with Crippen molar-refractivity contribution in [3.63, 3.8) is 0 Å². The Hall–Kier alpha value is -1.66. The summed E-state index contributed by atoms with van der Waals surface area (Å²) in [6.07, 6.45) is 0. The average molecular weight is 378 g/mol. The predicted molar refractivity (Wildman–Crippen MR) is 91.8 cm³/mol. The summed E-state index contributed by atoms with van der Waals surface area (Å²) in [5.74, 6) is 1.54. The minimum absolute atomic E-state index is 0.114. The van der Waals surface area contributed by atoms with Crippen molar-refractivity contribution in [3.05, 3.63) is 39.7 Å². The summed E-state index contributed by atoms with van der Waals surface area (Å²) in [5.41, 5.74) is 2.95. The Morgan fingerprint density at radius 1 is 1.43 bits per heavy atom. The molecule has 0 atom stereocenters. The topological polar surface area (TPSA) is 49.6 Å². The summed E-state index contributed by atoms with van der Waals surface area (Å²) < 4.78 is 6.96. The molecule has 0 saturated heterocycles. The average Bonchev–Trinajstić information content (AvgIpc) is 3.08. The molecule has 1 amide bonds. The number of carbonyl (C=O) groups is 1. The second-order valence-electron chi connectivity index (χ2n) is 5.88. The van der Waals surface area contributed by atoms with Gasteiger partial charge in [0.05, 0.1) is 19.6 Å². The van der Waals surface area contributed by atoms with Crippen molar-refractivity contribution in [1.82, 2.24) is 14.8 Å². The maximum absolute atomic E-state index is 12.2. The second-order valence-corrected chi connectivity index (χ2v) is 6.74. The first kappa shape index (κ1) is 16.2. The van der Waals surface area contributed by atoms with Crippen molar-refractivity contribution >= 4 is 21.8 Å². The van der Waals surface area contributed by atoms with E-state index < -0.39 is 0 Å². The second kappa shape index (κ2) is 6.45. The van der Waals surface area contributed by atoms with Gasteiger partial charge in [-0.2, -0.15) is 0 Å². The SMILES string of the molecule is CCN(C)CC(=O)N1Cc2nc(-c3cccc(Br)c3C)oc2C1. The number of hydrogen-bond acceptors (Lipinski definition) is 4. The van der Waals surface area contributed by atoms with Gasteiger partial charge in [-0.1, -0.05) is 28.9 Å². The lowest BCUT2D eigenvalue weighted by molar-refractivity contribution is -0.132. The molecule has 0 bridgehead atoms. The van der Waals surface area contributed by atoms with Gasteiger partial charge in [0.2, 0.25) is 11.8 Å². The zero-order chi connectivity index (χ0) is 16.6. The van der Waals surface area contributed by atoms with Crippen molar-refractivity contribution in [1.29, 1.82) is 0 Å². The first-order valence-corrected chi connectivity index (χ1v) is 8.49. The molecule has 2 aromatic rings. The largest absolute Gasteiger partial charge is 0.439 e. The van der Waals surface area contributed by atoms with Crippen molar-refractivity contribution < 1.29 is 9.21 Å². The summed E-state index contributed by atoms with van der Waals surface area (Å²) in [6, 6.07) is 5.97. The van der Waals surface area contributed by atoms with Crippen LogP contribution in [0.5, 0.6) is 0 Å². The van der Waals surface area contributed by atoms with Crippen LogP contribution in [0.1, 0.15) is 23.9 Å². The number of benzene rings is 1. The van der Waals surface area contributed by atoms with Crippen LogP contribution in [0.15, 0.2) is 27.1 Å². The lowest BCUT2D eigenvalue weighted by atomic mass is 10.1. The van der Waals surface area contributed by atoms with Gasteiger partial charge in [-0.25, -0.2) is 4.98 Å². The van der Waals surface area contributed by atoms with Gasteiger partial charge in [0.1, 0.15) is 11.5 Å². The standard InChI is InChI=1S/C17H20BrN3O2/c1-4-20(3)10-16(22)21-8-14-15(9-21)23-17(19-14)12-6-5-7-13(18)11(12)2/h5-7H,4,8-10H2,1-3H3. The minimum atomic E-state index is 0.114. The number of aromatic nitrogens is 1. The van der Waals surface area contributed by atoms with E-state index in [0.717, 1.165) is 33.6 Å². The van der Waals surface area contributed by atoms with E-state index in [-0.39, 0.29) is 5.91 Å². The van der Waals surface area contributed by atoms with Gasteiger partial charge in [0.25, 0.3) is 0 Å². The highest BCUT2D eigenvalue weighted by Crippen LogP contribution is 2.32. The first-order chi connectivity index (χ1) is 11.0. The third-order valence-electron chi connectivity index (χ3n) is 4.25. The Balaban J connectivity index is 1.76. The van der Waals surface area contributed by atoms with Gasteiger partial charge in [-0.15, -0.1) is 0 Å². The van der Waals surface area contributed by atoms with Crippen LogP contribution in [0.25, 0.3) is 11.5 Å². The van der Waals surface area contributed by atoms with E-state index >= 15 is 0 Å². The fraction of sp³-hybridized carbons (Fsp3) is 0.412. The number of fused-ring (bicyclic) bond motifs is 1. The number of rotatable bonds is 4. The fourth-order valence-corrected chi connectivity index (χ4v) is 2.98. The Kier molecular flexibility index (Phi) is 4.55. The molecule has 23 heavy (non-hydrogen) atoms. The third-order valence-corrected chi connectivity index (χ3v) is 5.11. The summed E-state index contributed by atoms with van der Waals surface area (Å²) in [7, 11) is 1.94. The number of nitrogens with zero attached hydrogens (tertiary/aromatic N) is 3. The molecule has 2 heterocycles. The highest BCUT2D eigenvalue weighted by molar-refractivity contribution is 9.10. The normalized spacial score (nSPS) is 13.7. The van der Waals surface area contributed by atoms with E-state index in [0.29, 0.717) is 25.5 Å². The summed E-state index contributed by atoms with van der Waals surface area (Å²) in [5, 5.41) is 0. The lowest BCUT2D eigenvalue weighted by Gasteiger charge is -2.19. The van der Waals surface area contributed by atoms with Crippen LogP contribution in [-0.2, 0) is 17.9 Å². The Morgan fingerprint density at radius 3 is 2.91 bits per heavy atom. The number of carbonyl (C=O) groups excluding carboxylic acids is 1. The quantitative estimate of drug-likeness (QED) is 0.820. The van der Waals surface area contributed by atoms with Crippen LogP contribution in [0.2, 0.25) is 0 Å². The van der Waals surface area contributed by atoms with Crippen molar-refractivity contribution in [2.45, 2.75) is 26.9 Å². The smallest absolute Gasteiger partial charge is 0.237 e. The summed E-state index contributed by atoms with van der Waals surface area (Å²) >= 11 is 3.53. The van der Waals surface area contributed by atoms with Crippen LogP contribution >= 0.6 is 15.9 Å². The van der Waals surface area contributed by atoms with E-state index in [9.17, 15) is 4.79 Å². The van der Waals surface area contributed by atoms with Crippen LogP contribution in [0.4, 0.5) is 0 Å². The molecule has 1 aromatic heterocycles. The number of likely N-dealkylation sites (N-methyl/N-ethyl adjacent to an activating group) is 1. The van der Waals surface area contributed by atoms with Crippen molar-refractivity contribution in [2.24, 2.45) is 0 Å². The van der Waals surface area contributed by atoms with E-state index in [1.807, 2.05) is 44.0 Å². The number of halogens is 1. The number of oxazole rings is 1. The molecular weight excluding hydrogens is 358 g/mol. The van der Waals surface area contributed by atoms with Crippen LogP contribution < -0.4 is 0 Å². The molecule has 0 N–H and O–H groups in total. The van der Waals surface area contributed by atoms with Gasteiger partial charge in [0, 0.05) is 10.0 Å². The highest BCUT2D eigenvalue weighted by atomic mass is 79.9. The van der Waals surface area contributed by atoms with Crippen LogP contribution in [-0.4, -0.2) is 40.8 Å². The molecule has 0 spiro atoms. The molecule has 0 aliphatic carbocycles. The van der Waals surface area contributed by atoms with E-state index in [2.05, 4.69) is 20.9 Å². The molecule has 0 fully saturated rings. The Morgan fingerprint density at radius 2 is 2.22 bits per heavy atom. The van der Waals surface area contributed by atoms with Gasteiger partial charge in [-0.05, 0) is 38.2 Å². The predicted octanol–water partition coefficient (Wildman–Crippen LogP) is 3.21. The Bertz CT molecular complexity index is 718. The number of hydrogen-bond donors (Lipinski definition) is 0. The molecule has 6 heteroatoms. The molecule has 122 valence electrons. The molecule has 1 aromatic carbocycles. The van der Waals surface area contributed by atoms with E-state index in [1.54, 1.807) is 4.90 Å². The van der Waals surface area contributed by atoms with Crippen molar-refractivity contribution in [3.8, 4) is 11.5 Å². The van der Waals surface area contributed by atoms with Crippen LogP contribution in [0.3, 0.4) is 0 Å². The van der Waals surface area contributed by atoms with E-state index in [4.69, 9.17) is 4.42 Å². The van der Waals surface area contributed by atoms with Gasteiger partial charge < -0.3 is 9.32 Å². The van der Waals surface area contributed by atoms with Gasteiger partial charge >= 0.3 is 0 Å². The monoisotopic (exact) mass is 377 g/mol. The Labute approximate surface area is 144 Å². The maximum atomic E-state index is 12.2. The maximum Gasteiger partial charge on any atom is 0.237 e. The highest BCUT2D eigenvalue weighted by Gasteiger charge is 2.29. The minimum Gasteiger partial charge on any atom is -0.439 e. The zero-order valence-corrected chi connectivity index (χ0v) is 15.2. The zero-order valence-electron chi connectivity index (χ0n) is 13.6. The molecule has 5 nitrogen and oxygen atoms in total. The summed E-state index contributed by atoms with van der Waals surface area (Å²) in [4.78, 5) is 20.6.